The summed E-state index contributed by atoms with van der Waals surface area (Å²) < 4.78 is 6.08. The molecular weight excluding hydrogens is 242 g/mol. The van der Waals surface area contributed by atoms with Crippen LogP contribution >= 0.6 is 11.8 Å². The van der Waals surface area contributed by atoms with Crippen molar-refractivity contribution in [3.63, 3.8) is 0 Å². The highest BCUT2D eigenvalue weighted by Crippen LogP contribution is 2.38. The highest BCUT2D eigenvalue weighted by atomic mass is 32.2. The molecule has 2 fully saturated rings. The van der Waals surface area contributed by atoms with Gasteiger partial charge in [-0.2, -0.15) is 11.8 Å². The van der Waals surface area contributed by atoms with E-state index in [-0.39, 0.29) is 5.60 Å². The first-order valence-electron chi connectivity index (χ1n) is 7.46. The lowest BCUT2D eigenvalue weighted by Gasteiger charge is -2.38. The summed E-state index contributed by atoms with van der Waals surface area (Å²) in [7, 11) is 0. The Morgan fingerprint density at radius 2 is 2.33 bits per heavy atom. The topological polar surface area (TPSA) is 21.3 Å². The molecule has 0 aromatic rings. The van der Waals surface area contributed by atoms with E-state index in [1.165, 1.54) is 56.6 Å². The van der Waals surface area contributed by atoms with Crippen LogP contribution in [0.25, 0.3) is 0 Å². The van der Waals surface area contributed by atoms with Gasteiger partial charge in [-0.05, 0) is 56.7 Å². The summed E-state index contributed by atoms with van der Waals surface area (Å²) in [5.41, 5.74) is 0.229. The molecule has 3 unspecified atom stereocenters. The summed E-state index contributed by atoms with van der Waals surface area (Å²) in [5, 5.41) is 3.82. The molecule has 0 aromatic heterocycles. The molecule has 2 heterocycles. The lowest BCUT2D eigenvalue weighted by atomic mass is 9.89. The van der Waals surface area contributed by atoms with E-state index in [2.05, 4.69) is 29.2 Å². The molecule has 0 radical (unpaired) electrons. The largest absolute Gasteiger partial charge is 0.374 e. The van der Waals surface area contributed by atoms with Gasteiger partial charge in [-0.15, -0.1) is 0 Å². The second kappa shape index (κ2) is 5.98. The van der Waals surface area contributed by atoms with Crippen LogP contribution in [0.3, 0.4) is 0 Å². The Hall–Kier alpha value is 0.0100. The zero-order chi connectivity index (χ0) is 12.3. The lowest BCUT2D eigenvalue weighted by Crippen LogP contribution is -2.48. The van der Waals surface area contributed by atoms with Crippen molar-refractivity contribution in [2.24, 2.45) is 5.92 Å². The number of thioether (sulfide) groups is 1. The first-order valence-corrected chi connectivity index (χ1v) is 8.62. The molecule has 1 N–H and O–H groups in total. The molecular formula is C15H25NOS. The molecule has 0 amide bonds. The Labute approximate surface area is 115 Å². The van der Waals surface area contributed by atoms with Crippen LogP contribution in [0.1, 0.15) is 38.5 Å². The van der Waals surface area contributed by atoms with Crippen LogP contribution in [0.4, 0.5) is 0 Å². The van der Waals surface area contributed by atoms with Crippen molar-refractivity contribution in [3.05, 3.63) is 12.2 Å². The van der Waals surface area contributed by atoms with E-state index in [4.69, 9.17) is 4.74 Å². The van der Waals surface area contributed by atoms with Gasteiger partial charge in [0.05, 0.1) is 5.60 Å². The summed E-state index contributed by atoms with van der Waals surface area (Å²) in [6.45, 7) is 2.17. The van der Waals surface area contributed by atoms with Gasteiger partial charge in [-0.1, -0.05) is 12.2 Å². The fourth-order valence-electron chi connectivity index (χ4n) is 3.44. The van der Waals surface area contributed by atoms with Gasteiger partial charge >= 0.3 is 0 Å². The van der Waals surface area contributed by atoms with Crippen molar-refractivity contribution in [1.29, 1.82) is 0 Å². The van der Waals surface area contributed by atoms with E-state index in [9.17, 15) is 0 Å². The first kappa shape index (κ1) is 13.0. The number of nitrogens with one attached hydrogen (secondary N) is 1. The third-order valence-corrected chi connectivity index (χ3v) is 5.86. The van der Waals surface area contributed by atoms with Gasteiger partial charge < -0.3 is 10.1 Å². The quantitative estimate of drug-likeness (QED) is 0.794. The Morgan fingerprint density at radius 1 is 1.33 bits per heavy atom. The fraction of sp³-hybridized carbons (Fsp3) is 0.867. The van der Waals surface area contributed by atoms with Gasteiger partial charge in [0, 0.05) is 18.4 Å². The van der Waals surface area contributed by atoms with Crippen molar-refractivity contribution in [2.75, 3.05) is 24.7 Å². The molecule has 2 aliphatic heterocycles. The maximum Gasteiger partial charge on any atom is 0.0795 e. The minimum atomic E-state index is 0.229. The molecule has 18 heavy (non-hydrogen) atoms. The molecule has 1 aliphatic carbocycles. The molecule has 3 aliphatic rings. The Morgan fingerprint density at radius 3 is 3.11 bits per heavy atom. The highest BCUT2D eigenvalue weighted by Gasteiger charge is 2.40. The van der Waals surface area contributed by atoms with Gasteiger partial charge in [0.2, 0.25) is 0 Å². The minimum absolute atomic E-state index is 0.229. The Bertz CT molecular complexity index is 299. The highest BCUT2D eigenvalue weighted by molar-refractivity contribution is 7.99. The predicted molar refractivity (Wildman–Crippen MR) is 78.1 cm³/mol. The number of ether oxygens (including phenoxy) is 1. The zero-order valence-corrected chi connectivity index (χ0v) is 12.0. The summed E-state index contributed by atoms with van der Waals surface area (Å²) in [6.07, 6.45) is 12.3. The van der Waals surface area contributed by atoms with E-state index in [0.29, 0.717) is 6.04 Å². The van der Waals surface area contributed by atoms with Crippen LogP contribution in [0.5, 0.6) is 0 Å². The Balaban J connectivity index is 1.46. The van der Waals surface area contributed by atoms with Gasteiger partial charge in [0.25, 0.3) is 0 Å². The SMILES string of the molecule is C1=CCC(CNC2CCOC3(CCSC3)C2)CC1. The van der Waals surface area contributed by atoms with Crippen LogP contribution < -0.4 is 5.32 Å². The molecule has 0 saturated carbocycles. The number of hydrogen-bond donors (Lipinski definition) is 1. The second-order valence-corrected chi connectivity index (χ2v) is 7.19. The first-order chi connectivity index (χ1) is 8.86. The molecule has 2 nitrogen and oxygen atoms in total. The van der Waals surface area contributed by atoms with Gasteiger partial charge in [-0.3, -0.25) is 0 Å². The molecule has 1 spiro atoms. The van der Waals surface area contributed by atoms with Gasteiger partial charge in [0.15, 0.2) is 0 Å². The Kier molecular flexibility index (Phi) is 4.32. The monoisotopic (exact) mass is 267 g/mol. The molecule has 102 valence electrons. The molecule has 3 atom stereocenters. The summed E-state index contributed by atoms with van der Waals surface area (Å²) in [4.78, 5) is 0. The van der Waals surface area contributed by atoms with Crippen LogP contribution in [0, 0.1) is 5.92 Å². The van der Waals surface area contributed by atoms with E-state index in [1.54, 1.807) is 0 Å². The molecule has 3 heteroatoms. The van der Waals surface area contributed by atoms with E-state index >= 15 is 0 Å². The van der Waals surface area contributed by atoms with Crippen LogP contribution in [0.15, 0.2) is 12.2 Å². The zero-order valence-electron chi connectivity index (χ0n) is 11.2. The number of allylic oxidation sites excluding steroid dienone is 2. The van der Waals surface area contributed by atoms with Crippen LogP contribution in [-0.2, 0) is 4.74 Å². The van der Waals surface area contributed by atoms with Crippen LogP contribution in [-0.4, -0.2) is 36.3 Å². The molecule has 2 saturated heterocycles. The van der Waals surface area contributed by atoms with Gasteiger partial charge in [-0.25, -0.2) is 0 Å². The lowest BCUT2D eigenvalue weighted by molar-refractivity contribution is -0.0704. The van der Waals surface area contributed by atoms with Crippen molar-refractivity contribution in [1.82, 2.24) is 5.32 Å². The molecule has 0 aromatic carbocycles. The molecule has 0 bridgehead atoms. The maximum atomic E-state index is 6.08. The number of hydrogen-bond acceptors (Lipinski definition) is 3. The normalized spacial score (nSPS) is 40.4. The summed E-state index contributed by atoms with van der Waals surface area (Å²) >= 11 is 2.07. The van der Waals surface area contributed by atoms with E-state index < -0.39 is 0 Å². The van der Waals surface area contributed by atoms with Crippen LogP contribution in [0.2, 0.25) is 0 Å². The van der Waals surface area contributed by atoms with Crippen molar-refractivity contribution in [3.8, 4) is 0 Å². The minimum Gasteiger partial charge on any atom is -0.374 e. The summed E-state index contributed by atoms with van der Waals surface area (Å²) in [5.74, 6) is 3.38. The molecule has 3 rings (SSSR count). The van der Waals surface area contributed by atoms with Crippen molar-refractivity contribution >= 4 is 11.8 Å². The maximum absolute atomic E-state index is 6.08. The average Bonchev–Trinajstić information content (AvgIpc) is 2.86. The van der Waals surface area contributed by atoms with Gasteiger partial charge in [0.1, 0.15) is 0 Å². The average molecular weight is 267 g/mol. The number of rotatable bonds is 3. The third kappa shape index (κ3) is 3.12. The predicted octanol–water partition coefficient (Wildman–Crippen LogP) is 2.99. The van der Waals surface area contributed by atoms with E-state index in [0.717, 1.165) is 12.5 Å². The van der Waals surface area contributed by atoms with Crippen molar-refractivity contribution in [2.45, 2.75) is 50.2 Å². The second-order valence-electron chi connectivity index (χ2n) is 6.08. The smallest absolute Gasteiger partial charge is 0.0795 e. The van der Waals surface area contributed by atoms with E-state index in [1.807, 2.05) is 0 Å². The standard InChI is InChI=1S/C15H25NOS/c1-2-4-13(5-3-1)11-16-14-6-8-17-15(10-14)7-9-18-12-15/h1-2,13-14,16H,3-12H2. The third-order valence-electron chi connectivity index (χ3n) is 4.63. The fourth-order valence-corrected chi connectivity index (χ4v) is 4.82. The summed E-state index contributed by atoms with van der Waals surface area (Å²) in [6, 6.07) is 0.698. The van der Waals surface area contributed by atoms with Crippen molar-refractivity contribution < 1.29 is 4.74 Å².